The largest absolute Gasteiger partial charge is 0.457 e. The van der Waals surface area contributed by atoms with Crippen molar-refractivity contribution in [1.82, 2.24) is 9.71 Å². The van der Waals surface area contributed by atoms with Crippen molar-refractivity contribution in [1.29, 1.82) is 0 Å². The molecule has 2 aromatic carbocycles. The average Bonchev–Trinajstić information content (AvgIpc) is 3.17. The van der Waals surface area contributed by atoms with Gasteiger partial charge in [0.2, 0.25) is 15.8 Å². The fraction of sp³-hybridized carbons (Fsp3) is 0.238. The number of aromatic amines is 1. The van der Waals surface area contributed by atoms with Gasteiger partial charge >= 0.3 is 5.97 Å². The van der Waals surface area contributed by atoms with Crippen molar-refractivity contribution in [3.63, 3.8) is 0 Å². The van der Waals surface area contributed by atoms with Gasteiger partial charge in [-0.15, -0.1) is 0 Å². The molecule has 152 valence electrons. The Morgan fingerprint density at radius 1 is 1.07 bits per heavy atom. The van der Waals surface area contributed by atoms with E-state index in [1.165, 1.54) is 12.1 Å². The second-order valence-corrected chi connectivity index (χ2v) is 8.21. The number of carbonyl (C=O) groups excluding carboxylic acids is 2. The molecule has 0 aliphatic heterocycles. The van der Waals surface area contributed by atoms with Crippen molar-refractivity contribution in [2.24, 2.45) is 0 Å². The number of hydrogen-bond donors (Lipinski definition) is 2. The Morgan fingerprint density at radius 3 is 2.55 bits per heavy atom. The van der Waals surface area contributed by atoms with Crippen molar-refractivity contribution >= 4 is 32.7 Å². The first-order chi connectivity index (χ1) is 13.9. The summed E-state index contributed by atoms with van der Waals surface area (Å²) in [7, 11) is -3.68. The van der Waals surface area contributed by atoms with Gasteiger partial charge in [-0.05, 0) is 24.1 Å². The lowest BCUT2D eigenvalue weighted by Gasteiger charge is -2.07. The Hall–Kier alpha value is -2.97. The molecule has 0 saturated carbocycles. The minimum Gasteiger partial charge on any atom is -0.457 e. The third-order valence-electron chi connectivity index (χ3n) is 4.52. The molecule has 0 unspecified atom stereocenters. The Labute approximate surface area is 169 Å². The molecule has 0 radical (unpaired) electrons. The standard InChI is InChI=1S/C21H22N2O5S/c1-2-15-7-6-10-17-18(13-22-21(15)17)19(24)14-28-20(25)11-12-23-29(26,27)16-8-4-3-5-9-16/h3-10,13,22-23H,2,11-12,14H2,1H3. The van der Waals surface area contributed by atoms with Crippen LogP contribution in [0.1, 0.15) is 29.3 Å². The summed E-state index contributed by atoms with van der Waals surface area (Å²) in [5.74, 6) is -0.967. The molecule has 29 heavy (non-hydrogen) atoms. The Balaban J connectivity index is 1.52. The molecule has 8 heteroatoms. The predicted octanol–water partition coefficient (Wildman–Crippen LogP) is 2.82. The zero-order valence-electron chi connectivity index (χ0n) is 16.0. The lowest BCUT2D eigenvalue weighted by atomic mass is 10.1. The molecule has 0 amide bonds. The normalized spacial score (nSPS) is 11.5. The average molecular weight is 414 g/mol. The topological polar surface area (TPSA) is 105 Å². The maximum Gasteiger partial charge on any atom is 0.307 e. The third-order valence-corrected chi connectivity index (χ3v) is 6.00. The molecule has 0 aliphatic rings. The number of carbonyl (C=O) groups is 2. The van der Waals surface area contributed by atoms with E-state index >= 15 is 0 Å². The molecule has 0 fully saturated rings. The van der Waals surface area contributed by atoms with Gasteiger partial charge in [0.05, 0.1) is 11.3 Å². The highest BCUT2D eigenvalue weighted by molar-refractivity contribution is 7.89. The summed E-state index contributed by atoms with van der Waals surface area (Å²) >= 11 is 0. The summed E-state index contributed by atoms with van der Waals surface area (Å²) in [6.45, 7) is 1.52. The van der Waals surface area contributed by atoms with Gasteiger partial charge in [0.15, 0.2) is 6.61 Å². The number of esters is 1. The van der Waals surface area contributed by atoms with E-state index in [-0.39, 0.29) is 23.6 Å². The molecule has 3 aromatic rings. The van der Waals surface area contributed by atoms with Gasteiger partial charge in [-0.2, -0.15) is 0 Å². The first kappa shape index (κ1) is 20.8. The van der Waals surface area contributed by atoms with Crippen LogP contribution in [0.5, 0.6) is 0 Å². The van der Waals surface area contributed by atoms with Crippen molar-refractivity contribution in [2.45, 2.75) is 24.7 Å². The van der Waals surface area contributed by atoms with Gasteiger partial charge < -0.3 is 9.72 Å². The number of fused-ring (bicyclic) bond motifs is 1. The van der Waals surface area contributed by atoms with Crippen LogP contribution < -0.4 is 4.72 Å². The fourth-order valence-electron chi connectivity index (χ4n) is 3.01. The third kappa shape index (κ3) is 4.90. The minimum absolute atomic E-state index is 0.114. The number of aryl methyl sites for hydroxylation is 1. The van der Waals surface area contributed by atoms with Gasteiger partial charge in [0, 0.05) is 29.2 Å². The van der Waals surface area contributed by atoms with E-state index < -0.39 is 22.6 Å². The van der Waals surface area contributed by atoms with Crippen LogP contribution in [0.4, 0.5) is 0 Å². The summed E-state index contributed by atoms with van der Waals surface area (Å²) in [4.78, 5) is 27.5. The number of rotatable bonds is 9. The predicted molar refractivity (Wildman–Crippen MR) is 109 cm³/mol. The molecule has 3 rings (SSSR count). The zero-order chi connectivity index (χ0) is 20.9. The zero-order valence-corrected chi connectivity index (χ0v) is 16.8. The van der Waals surface area contributed by atoms with Crippen molar-refractivity contribution < 1.29 is 22.7 Å². The maximum atomic E-state index is 12.4. The van der Waals surface area contributed by atoms with E-state index in [0.29, 0.717) is 5.56 Å². The number of benzene rings is 2. The summed E-state index contributed by atoms with van der Waals surface area (Å²) in [6.07, 6.45) is 2.28. The van der Waals surface area contributed by atoms with Gasteiger partial charge in [0.1, 0.15) is 0 Å². The van der Waals surface area contributed by atoms with Crippen LogP contribution in [-0.2, 0) is 26.0 Å². The summed E-state index contributed by atoms with van der Waals surface area (Å²) in [5, 5.41) is 0.793. The van der Waals surface area contributed by atoms with Crippen molar-refractivity contribution in [2.75, 3.05) is 13.2 Å². The molecule has 0 spiro atoms. The summed E-state index contributed by atoms with van der Waals surface area (Å²) in [6, 6.07) is 13.6. The monoisotopic (exact) mass is 414 g/mol. The SMILES string of the molecule is CCc1cccc2c(C(=O)COC(=O)CCNS(=O)(=O)c3ccccc3)c[nH]c12. The van der Waals surface area contributed by atoms with Gasteiger partial charge in [-0.25, -0.2) is 13.1 Å². The number of aromatic nitrogens is 1. The minimum atomic E-state index is -3.68. The number of para-hydroxylation sites is 1. The number of Topliss-reactive ketones (excluding diaryl/α,β-unsaturated/α-hetero) is 1. The van der Waals surface area contributed by atoms with Gasteiger partial charge in [-0.3, -0.25) is 9.59 Å². The van der Waals surface area contributed by atoms with Crippen LogP contribution in [0.3, 0.4) is 0 Å². The molecule has 1 heterocycles. The molecule has 0 atom stereocenters. The Kier molecular flexibility index (Phi) is 6.46. The fourth-order valence-corrected chi connectivity index (χ4v) is 4.06. The number of hydrogen-bond acceptors (Lipinski definition) is 5. The Morgan fingerprint density at radius 2 is 1.83 bits per heavy atom. The lowest BCUT2D eigenvalue weighted by molar-refractivity contribution is -0.142. The molecule has 1 aromatic heterocycles. The van der Waals surface area contributed by atoms with Crippen molar-refractivity contribution in [3.8, 4) is 0 Å². The van der Waals surface area contributed by atoms with Crippen LogP contribution in [-0.4, -0.2) is 38.3 Å². The molecule has 7 nitrogen and oxygen atoms in total. The van der Waals surface area contributed by atoms with Crippen LogP contribution in [0.15, 0.2) is 59.6 Å². The second-order valence-electron chi connectivity index (χ2n) is 6.44. The highest BCUT2D eigenvalue weighted by Gasteiger charge is 2.17. The molecule has 0 saturated heterocycles. The van der Waals surface area contributed by atoms with Gasteiger partial charge in [0.25, 0.3) is 0 Å². The van der Waals surface area contributed by atoms with E-state index in [1.54, 1.807) is 24.4 Å². The van der Waals surface area contributed by atoms with Crippen LogP contribution >= 0.6 is 0 Å². The number of ketones is 1. The lowest BCUT2D eigenvalue weighted by Crippen LogP contribution is -2.27. The molecule has 0 bridgehead atoms. The Bertz CT molecular complexity index is 1120. The molecular weight excluding hydrogens is 392 g/mol. The highest BCUT2D eigenvalue weighted by Crippen LogP contribution is 2.22. The number of ether oxygens (including phenoxy) is 1. The van der Waals surface area contributed by atoms with E-state index in [9.17, 15) is 18.0 Å². The number of H-pyrrole nitrogens is 1. The molecule has 2 N–H and O–H groups in total. The van der Waals surface area contributed by atoms with Crippen LogP contribution in [0.2, 0.25) is 0 Å². The van der Waals surface area contributed by atoms with E-state index in [1.807, 2.05) is 25.1 Å². The highest BCUT2D eigenvalue weighted by atomic mass is 32.2. The first-order valence-corrected chi connectivity index (χ1v) is 10.7. The quantitative estimate of drug-likeness (QED) is 0.414. The van der Waals surface area contributed by atoms with E-state index in [4.69, 9.17) is 4.74 Å². The maximum absolute atomic E-state index is 12.4. The van der Waals surface area contributed by atoms with E-state index in [0.717, 1.165) is 22.9 Å². The van der Waals surface area contributed by atoms with Crippen molar-refractivity contribution in [3.05, 3.63) is 65.9 Å². The van der Waals surface area contributed by atoms with Gasteiger partial charge in [-0.1, -0.05) is 43.3 Å². The second kappa shape index (κ2) is 9.02. The van der Waals surface area contributed by atoms with E-state index in [2.05, 4.69) is 9.71 Å². The molecular formula is C21H22N2O5S. The summed E-state index contributed by atoms with van der Waals surface area (Å²) < 4.78 is 31.5. The summed E-state index contributed by atoms with van der Waals surface area (Å²) in [5.41, 5.74) is 2.47. The first-order valence-electron chi connectivity index (χ1n) is 9.25. The number of nitrogens with one attached hydrogen (secondary N) is 2. The molecule has 0 aliphatic carbocycles. The van der Waals surface area contributed by atoms with Crippen LogP contribution in [0.25, 0.3) is 10.9 Å². The smallest absolute Gasteiger partial charge is 0.307 e. The number of sulfonamides is 1. The van der Waals surface area contributed by atoms with Crippen LogP contribution in [0, 0.1) is 0 Å².